The van der Waals surface area contributed by atoms with Crippen molar-refractivity contribution >= 4 is 23.3 Å². The first-order valence-electron chi connectivity index (χ1n) is 7.44. The molecule has 0 spiro atoms. The second kappa shape index (κ2) is 4.84. The van der Waals surface area contributed by atoms with Gasteiger partial charge in [0.15, 0.2) is 5.78 Å². The van der Waals surface area contributed by atoms with Gasteiger partial charge in [-0.25, -0.2) is 0 Å². The molecule has 0 saturated heterocycles. The zero-order chi connectivity index (χ0) is 15.3. The van der Waals surface area contributed by atoms with Gasteiger partial charge in [0.1, 0.15) is 5.41 Å². The smallest absolute Gasteiger partial charge is 0.233 e. The van der Waals surface area contributed by atoms with Gasteiger partial charge in [-0.2, -0.15) is 0 Å². The van der Waals surface area contributed by atoms with Crippen molar-refractivity contribution in [2.24, 2.45) is 16.7 Å². The molecule has 2 unspecified atom stereocenters. The van der Waals surface area contributed by atoms with E-state index in [9.17, 15) is 9.59 Å². The molecule has 1 N–H and O–H groups in total. The van der Waals surface area contributed by atoms with Crippen molar-refractivity contribution in [3.63, 3.8) is 0 Å². The van der Waals surface area contributed by atoms with E-state index in [0.29, 0.717) is 30.3 Å². The van der Waals surface area contributed by atoms with E-state index in [0.717, 1.165) is 12.0 Å². The minimum Gasteiger partial charge on any atom is -0.351 e. The van der Waals surface area contributed by atoms with Crippen LogP contribution < -0.4 is 5.32 Å². The van der Waals surface area contributed by atoms with Gasteiger partial charge >= 0.3 is 0 Å². The van der Waals surface area contributed by atoms with Crippen LogP contribution in [-0.2, 0) is 16.1 Å². The summed E-state index contributed by atoms with van der Waals surface area (Å²) in [4.78, 5) is 25.2. The highest BCUT2D eigenvalue weighted by atomic mass is 35.5. The van der Waals surface area contributed by atoms with Gasteiger partial charge in [-0.05, 0) is 42.9 Å². The number of Topliss-reactive ketones (excluding diaryl/α,β-unsaturated/α-hetero) is 1. The van der Waals surface area contributed by atoms with Crippen LogP contribution in [0, 0.1) is 16.7 Å². The van der Waals surface area contributed by atoms with Crippen molar-refractivity contribution in [2.75, 3.05) is 0 Å². The molecule has 1 amide bonds. The number of rotatable bonds is 3. The van der Waals surface area contributed by atoms with Crippen molar-refractivity contribution < 1.29 is 9.59 Å². The third-order valence-electron chi connectivity index (χ3n) is 5.36. The number of carbonyl (C=O) groups is 2. The van der Waals surface area contributed by atoms with Crippen LogP contribution in [0.5, 0.6) is 0 Å². The molecule has 3 nitrogen and oxygen atoms in total. The number of hydrogen-bond acceptors (Lipinski definition) is 2. The average molecular weight is 306 g/mol. The van der Waals surface area contributed by atoms with Gasteiger partial charge in [-0.15, -0.1) is 0 Å². The Bertz CT molecular complexity index is 593. The quantitative estimate of drug-likeness (QED) is 0.871. The number of halogens is 1. The largest absolute Gasteiger partial charge is 0.351 e. The number of benzene rings is 1. The molecule has 0 aliphatic heterocycles. The fourth-order valence-corrected chi connectivity index (χ4v) is 4.06. The fraction of sp³-hybridized carbons (Fsp3) is 0.529. The van der Waals surface area contributed by atoms with E-state index in [1.807, 2.05) is 26.0 Å². The van der Waals surface area contributed by atoms with Crippen LogP contribution in [0.3, 0.4) is 0 Å². The Morgan fingerprint density at radius 2 is 2.00 bits per heavy atom. The minimum absolute atomic E-state index is 0.101. The van der Waals surface area contributed by atoms with E-state index < -0.39 is 5.41 Å². The Hall–Kier alpha value is -1.35. The Balaban J connectivity index is 1.71. The first-order chi connectivity index (χ1) is 9.86. The maximum Gasteiger partial charge on any atom is 0.233 e. The van der Waals surface area contributed by atoms with Gasteiger partial charge in [0.2, 0.25) is 5.91 Å². The molecule has 2 atom stereocenters. The molecule has 112 valence electrons. The topological polar surface area (TPSA) is 46.2 Å². The maximum absolute atomic E-state index is 12.6. The monoisotopic (exact) mass is 305 g/mol. The van der Waals surface area contributed by atoms with Crippen molar-refractivity contribution in [1.82, 2.24) is 5.32 Å². The molecule has 2 fully saturated rings. The molecule has 3 rings (SSSR count). The molecule has 2 aliphatic rings. The van der Waals surface area contributed by atoms with Crippen LogP contribution in [0.4, 0.5) is 0 Å². The molecular weight excluding hydrogens is 286 g/mol. The molecule has 21 heavy (non-hydrogen) atoms. The summed E-state index contributed by atoms with van der Waals surface area (Å²) in [6, 6.07) is 7.38. The van der Waals surface area contributed by atoms with Crippen LogP contribution in [0.15, 0.2) is 24.3 Å². The zero-order valence-electron chi connectivity index (χ0n) is 12.4. The Morgan fingerprint density at radius 1 is 1.33 bits per heavy atom. The van der Waals surface area contributed by atoms with Crippen LogP contribution in [-0.4, -0.2) is 11.7 Å². The van der Waals surface area contributed by atoms with Crippen molar-refractivity contribution in [3.05, 3.63) is 34.9 Å². The van der Waals surface area contributed by atoms with E-state index >= 15 is 0 Å². The van der Waals surface area contributed by atoms with Crippen LogP contribution in [0.2, 0.25) is 5.02 Å². The van der Waals surface area contributed by atoms with Crippen molar-refractivity contribution in [3.8, 4) is 0 Å². The van der Waals surface area contributed by atoms with Crippen molar-refractivity contribution in [1.29, 1.82) is 0 Å². The number of nitrogens with one attached hydrogen (secondary N) is 1. The second-order valence-corrected chi connectivity index (χ2v) is 7.32. The molecule has 0 aromatic heterocycles. The first-order valence-corrected chi connectivity index (χ1v) is 7.82. The van der Waals surface area contributed by atoms with Crippen LogP contribution >= 0.6 is 11.6 Å². The molecule has 2 aliphatic carbocycles. The predicted molar refractivity (Wildman–Crippen MR) is 81.9 cm³/mol. The number of hydrogen-bond donors (Lipinski definition) is 1. The zero-order valence-corrected chi connectivity index (χ0v) is 13.2. The Kier molecular flexibility index (Phi) is 3.36. The van der Waals surface area contributed by atoms with Gasteiger partial charge in [-0.3, -0.25) is 9.59 Å². The van der Waals surface area contributed by atoms with Crippen LogP contribution in [0.25, 0.3) is 0 Å². The summed E-state index contributed by atoms with van der Waals surface area (Å²) in [6.07, 6.45) is 2.39. The van der Waals surface area contributed by atoms with E-state index in [1.165, 1.54) is 0 Å². The van der Waals surface area contributed by atoms with E-state index in [-0.39, 0.29) is 17.1 Å². The lowest BCUT2D eigenvalue weighted by Gasteiger charge is -2.32. The number of fused-ring (bicyclic) bond motifs is 2. The normalized spacial score (nSPS) is 29.7. The van der Waals surface area contributed by atoms with Gasteiger partial charge < -0.3 is 5.32 Å². The highest BCUT2D eigenvalue weighted by molar-refractivity contribution is 6.30. The molecule has 1 aromatic rings. The predicted octanol–water partition coefficient (Wildman–Crippen LogP) is 3.35. The molecule has 2 bridgehead atoms. The van der Waals surface area contributed by atoms with Crippen molar-refractivity contribution in [2.45, 2.75) is 39.7 Å². The lowest BCUT2D eigenvalue weighted by Crippen LogP contribution is -2.47. The molecule has 0 radical (unpaired) electrons. The Morgan fingerprint density at radius 3 is 2.57 bits per heavy atom. The van der Waals surface area contributed by atoms with E-state index in [4.69, 9.17) is 11.6 Å². The lowest BCUT2D eigenvalue weighted by molar-refractivity contribution is -0.145. The first kappa shape index (κ1) is 14.6. The molecule has 4 heteroatoms. The summed E-state index contributed by atoms with van der Waals surface area (Å²) in [5.74, 6) is 0.377. The fourth-order valence-electron chi connectivity index (χ4n) is 3.93. The molecule has 0 heterocycles. The summed E-state index contributed by atoms with van der Waals surface area (Å²) < 4.78 is 0. The van der Waals surface area contributed by atoms with Gasteiger partial charge in [0.25, 0.3) is 0 Å². The van der Waals surface area contributed by atoms with Crippen LogP contribution in [0.1, 0.15) is 38.7 Å². The summed E-state index contributed by atoms with van der Waals surface area (Å²) in [5.41, 5.74) is -0.139. The van der Waals surface area contributed by atoms with Gasteiger partial charge in [0, 0.05) is 17.0 Å². The number of carbonyl (C=O) groups excluding carboxylic acids is 2. The highest BCUT2D eigenvalue weighted by Crippen LogP contribution is 2.60. The summed E-state index contributed by atoms with van der Waals surface area (Å²) in [7, 11) is 0. The third-order valence-corrected chi connectivity index (χ3v) is 5.61. The number of amides is 1. The highest BCUT2D eigenvalue weighted by Gasteiger charge is 2.64. The van der Waals surface area contributed by atoms with Gasteiger partial charge in [-0.1, -0.05) is 37.6 Å². The SMILES string of the molecule is CC1(C)C(=O)C2(C(=O)NCc3ccc(Cl)cc3)CCC1C2. The summed E-state index contributed by atoms with van der Waals surface area (Å²) >= 11 is 5.85. The molecular formula is C17H20ClNO2. The van der Waals surface area contributed by atoms with E-state index in [1.54, 1.807) is 12.1 Å². The number of ketones is 1. The molecule has 2 saturated carbocycles. The standard InChI is InChI=1S/C17H20ClNO2/c1-16(2)12-7-8-17(9-12,14(16)20)15(21)19-10-11-3-5-13(18)6-4-11/h3-6,12H,7-10H2,1-2H3,(H,19,21). The maximum atomic E-state index is 12.6. The third kappa shape index (κ3) is 2.18. The summed E-state index contributed by atoms with van der Waals surface area (Å²) in [5, 5.41) is 3.62. The van der Waals surface area contributed by atoms with E-state index in [2.05, 4.69) is 5.32 Å². The summed E-state index contributed by atoms with van der Waals surface area (Å²) in [6.45, 7) is 4.40. The minimum atomic E-state index is -0.777. The van der Waals surface area contributed by atoms with Gasteiger partial charge in [0.05, 0.1) is 0 Å². The lowest BCUT2D eigenvalue weighted by atomic mass is 9.70. The molecule has 1 aromatic carbocycles. The average Bonchev–Trinajstić information content (AvgIpc) is 2.98. The second-order valence-electron chi connectivity index (χ2n) is 6.88. The Labute approximate surface area is 130 Å².